The predicted octanol–water partition coefficient (Wildman–Crippen LogP) is 1.27. The van der Waals surface area contributed by atoms with Crippen LogP contribution in [0.25, 0.3) is 0 Å². The zero-order valence-electron chi connectivity index (χ0n) is 10.7. The number of aromatic nitrogens is 2. The lowest BCUT2D eigenvalue weighted by Crippen LogP contribution is -2.40. The summed E-state index contributed by atoms with van der Waals surface area (Å²) >= 11 is 0. The van der Waals surface area contributed by atoms with E-state index < -0.39 is 24.0 Å². The van der Waals surface area contributed by atoms with Crippen molar-refractivity contribution in [3.05, 3.63) is 28.2 Å². The molecule has 0 N–H and O–H groups in total. The monoisotopic (exact) mass is 289 g/mol. The van der Waals surface area contributed by atoms with E-state index in [0.717, 1.165) is 25.3 Å². The second-order valence-corrected chi connectivity index (χ2v) is 4.65. The van der Waals surface area contributed by atoms with Gasteiger partial charge in [0.15, 0.2) is 5.69 Å². The smallest absolute Gasteiger partial charge is 0.341 e. The molecule has 2 heterocycles. The number of piperidine rings is 1. The highest BCUT2D eigenvalue weighted by atomic mass is 19.4. The second kappa shape index (κ2) is 5.64. The van der Waals surface area contributed by atoms with E-state index in [-0.39, 0.29) is 5.91 Å². The van der Waals surface area contributed by atoms with Crippen LogP contribution in [-0.4, -0.2) is 33.7 Å². The standard InChI is InChI=1S/C12H14F3N3O2/c13-12(14,15)9-4-5-10(19)18(16-9)8-11(20)17-6-2-1-3-7-17/h4-5H,1-3,6-8H2. The SMILES string of the molecule is O=C(Cn1nc(C(F)(F)F)ccc1=O)N1CCCCC1. The van der Waals surface area contributed by atoms with Gasteiger partial charge in [-0.2, -0.15) is 18.3 Å². The summed E-state index contributed by atoms with van der Waals surface area (Å²) in [5, 5.41) is 3.21. The molecule has 1 aromatic rings. The van der Waals surface area contributed by atoms with E-state index in [1.165, 1.54) is 0 Å². The van der Waals surface area contributed by atoms with Crippen LogP contribution in [0.1, 0.15) is 25.0 Å². The van der Waals surface area contributed by atoms with Gasteiger partial charge in [-0.3, -0.25) is 9.59 Å². The van der Waals surface area contributed by atoms with Crippen LogP contribution in [0.4, 0.5) is 13.2 Å². The molecule has 1 aliphatic heterocycles. The molecular weight excluding hydrogens is 275 g/mol. The molecule has 0 saturated carbocycles. The first-order chi connectivity index (χ1) is 9.38. The summed E-state index contributed by atoms with van der Waals surface area (Å²) in [4.78, 5) is 25.0. The van der Waals surface area contributed by atoms with Crippen molar-refractivity contribution in [1.29, 1.82) is 0 Å². The number of alkyl halides is 3. The van der Waals surface area contributed by atoms with Gasteiger partial charge in [-0.25, -0.2) is 4.68 Å². The average Bonchev–Trinajstić information content (AvgIpc) is 2.41. The lowest BCUT2D eigenvalue weighted by Gasteiger charge is -2.26. The molecule has 2 rings (SSSR count). The maximum absolute atomic E-state index is 12.5. The number of halogens is 3. The van der Waals surface area contributed by atoms with E-state index in [9.17, 15) is 22.8 Å². The Morgan fingerprint density at radius 3 is 2.45 bits per heavy atom. The fourth-order valence-electron chi connectivity index (χ4n) is 2.08. The Hall–Kier alpha value is -1.86. The van der Waals surface area contributed by atoms with E-state index in [4.69, 9.17) is 0 Å². The van der Waals surface area contributed by atoms with Crippen molar-refractivity contribution < 1.29 is 18.0 Å². The Kier molecular flexibility index (Phi) is 4.10. The highest BCUT2D eigenvalue weighted by Gasteiger charge is 2.33. The zero-order valence-corrected chi connectivity index (χ0v) is 10.7. The molecule has 1 aliphatic rings. The van der Waals surface area contributed by atoms with Crippen LogP contribution in [0, 0.1) is 0 Å². The molecule has 20 heavy (non-hydrogen) atoms. The maximum Gasteiger partial charge on any atom is 0.435 e. The first kappa shape index (κ1) is 14.5. The summed E-state index contributed by atoms with van der Waals surface area (Å²) in [5.41, 5.74) is -1.90. The van der Waals surface area contributed by atoms with Gasteiger partial charge in [0.25, 0.3) is 5.56 Å². The summed E-state index contributed by atoms with van der Waals surface area (Å²) in [5.74, 6) is -0.376. The second-order valence-electron chi connectivity index (χ2n) is 4.65. The molecule has 1 amide bonds. The lowest BCUT2D eigenvalue weighted by molar-refractivity contribution is -0.143. The number of carbonyl (C=O) groups excluding carboxylic acids is 1. The number of nitrogens with zero attached hydrogens (tertiary/aromatic N) is 3. The molecule has 0 aromatic carbocycles. The number of amides is 1. The van der Waals surface area contributed by atoms with Gasteiger partial charge >= 0.3 is 6.18 Å². The van der Waals surface area contributed by atoms with E-state index >= 15 is 0 Å². The summed E-state index contributed by atoms with van der Waals surface area (Å²) in [7, 11) is 0. The van der Waals surface area contributed by atoms with Crippen molar-refractivity contribution in [2.24, 2.45) is 0 Å². The molecule has 0 bridgehead atoms. The minimum atomic E-state index is -4.64. The van der Waals surface area contributed by atoms with E-state index in [1.54, 1.807) is 4.90 Å². The Morgan fingerprint density at radius 1 is 1.20 bits per heavy atom. The molecule has 110 valence electrons. The van der Waals surface area contributed by atoms with Gasteiger partial charge in [0.1, 0.15) is 6.54 Å². The van der Waals surface area contributed by atoms with Crippen molar-refractivity contribution >= 4 is 5.91 Å². The summed E-state index contributed by atoms with van der Waals surface area (Å²) in [6.07, 6.45) is -1.86. The number of likely N-dealkylation sites (tertiary alicyclic amines) is 1. The topological polar surface area (TPSA) is 55.2 Å². The quantitative estimate of drug-likeness (QED) is 0.824. The van der Waals surface area contributed by atoms with Crippen LogP contribution < -0.4 is 5.56 Å². The van der Waals surface area contributed by atoms with Crippen LogP contribution in [0.15, 0.2) is 16.9 Å². The molecule has 5 nitrogen and oxygen atoms in total. The Balaban J connectivity index is 2.16. The van der Waals surface area contributed by atoms with E-state index in [1.807, 2.05) is 0 Å². The number of carbonyl (C=O) groups is 1. The van der Waals surface area contributed by atoms with Crippen molar-refractivity contribution in [2.45, 2.75) is 32.0 Å². The molecule has 0 aliphatic carbocycles. The Morgan fingerprint density at radius 2 is 1.85 bits per heavy atom. The number of rotatable bonds is 2. The molecule has 0 atom stereocenters. The lowest BCUT2D eigenvalue weighted by atomic mass is 10.1. The minimum absolute atomic E-state index is 0.376. The van der Waals surface area contributed by atoms with Crippen LogP contribution >= 0.6 is 0 Å². The van der Waals surface area contributed by atoms with Crippen LogP contribution in [0.2, 0.25) is 0 Å². The normalized spacial score (nSPS) is 16.2. The highest BCUT2D eigenvalue weighted by molar-refractivity contribution is 5.75. The molecule has 8 heteroatoms. The van der Waals surface area contributed by atoms with Crippen molar-refractivity contribution in [2.75, 3.05) is 13.1 Å². The number of hydrogen-bond donors (Lipinski definition) is 0. The van der Waals surface area contributed by atoms with Crippen molar-refractivity contribution in [3.8, 4) is 0 Å². The van der Waals surface area contributed by atoms with Gasteiger partial charge in [-0.15, -0.1) is 0 Å². The van der Waals surface area contributed by atoms with E-state index in [0.29, 0.717) is 23.8 Å². The fourth-order valence-corrected chi connectivity index (χ4v) is 2.08. The molecular formula is C12H14F3N3O2. The van der Waals surface area contributed by atoms with Crippen LogP contribution in [-0.2, 0) is 17.5 Å². The van der Waals surface area contributed by atoms with Gasteiger partial charge in [0.2, 0.25) is 5.91 Å². The first-order valence-electron chi connectivity index (χ1n) is 6.31. The Bertz CT molecular complexity index is 548. The average molecular weight is 289 g/mol. The molecule has 0 unspecified atom stereocenters. The van der Waals surface area contributed by atoms with Crippen molar-refractivity contribution in [1.82, 2.24) is 14.7 Å². The third-order valence-electron chi connectivity index (χ3n) is 3.15. The van der Waals surface area contributed by atoms with Gasteiger partial charge in [0.05, 0.1) is 0 Å². The largest absolute Gasteiger partial charge is 0.435 e. The van der Waals surface area contributed by atoms with Gasteiger partial charge in [-0.1, -0.05) is 0 Å². The summed E-state index contributed by atoms with van der Waals surface area (Å²) < 4.78 is 38.1. The van der Waals surface area contributed by atoms with Crippen LogP contribution in [0.5, 0.6) is 0 Å². The minimum Gasteiger partial charge on any atom is -0.341 e. The molecule has 1 saturated heterocycles. The van der Waals surface area contributed by atoms with E-state index in [2.05, 4.69) is 5.10 Å². The Labute approximate surface area is 113 Å². The predicted molar refractivity (Wildman–Crippen MR) is 63.9 cm³/mol. The first-order valence-corrected chi connectivity index (χ1v) is 6.31. The summed E-state index contributed by atoms with van der Waals surface area (Å²) in [6, 6.07) is 1.39. The molecule has 0 spiro atoms. The fraction of sp³-hybridized carbons (Fsp3) is 0.583. The third-order valence-corrected chi connectivity index (χ3v) is 3.15. The van der Waals surface area contributed by atoms with Gasteiger partial charge in [0, 0.05) is 19.2 Å². The highest BCUT2D eigenvalue weighted by Crippen LogP contribution is 2.26. The molecule has 0 radical (unpaired) electrons. The number of hydrogen-bond acceptors (Lipinski definition) is 3. The third kappa shape index (κ3) is 3.37. The maximum atomic E-state index is 12.5. The van der Waals surface area contributed by atoms with Gasteiger partial charge in [-0.05, 0) is 25.3 Å². The summed E-state index contributed by atoms with van der Waals surface area (Å²) in [6.45, 7) is 0.696. The van der Waals surface area contributed by atoms with Crippen molar-refractivity contribution in [3.63, 3.8) is 0 Å². The van der Waals surface area contributed by atoms with Gasteiger partial charge < -0.3 is 4.90 Å². The molecule has 1 aromatic heterocycles. The zero-order chi connectivity index (χ0) is 14.8. The molecule has 1 fully saturated rings. The van der Waals surface area contributed by atoms with Crippen LogP contribution in [0.3, 0.4) is 0 Å².